The van der Waals surface area contributed by atoms with Gasteiger partial charge in [-0.2, -0.15) is 0 Å². The number of rotatable bonds is 3. The minimum atomic E-state index is -2.79. The first kappa shape index (κ1) is 11.3. The molecule has 0 spiro atoms. The van der Waals surface area contributed by atoms with Gasteiger partial charge in [0, 0.05) is 19.4 Å². The fourth-order valence-electron chi connectivity index (χ4n) is 0.351. The molecule has 5 heteroatoms. The van der Waals surface area contributed by atoms with Crippen molar-refractivity contribution in [2.75, 3.05) is 0 Å². The summed E-state index contributed by atoms with van der Waals surface area (Å²) in [5.74, 6) is -0.695. The predicted octanol–water partition coefficient (Wildman–Crippen LogP) is 0.944. The highest BCUT2D eigenvalue weighted by molar-refractivity contribution is 7.38. The summed E-state index contributed by atoms with van der Waals surface area (Å²) in [6, 6.07) is 0. The van der Waals surface area contributed by atoms with Gasteiger partial charge in [-0.15, -0.1) is 0 Å². The quantitative estimate of drug-likeness (QED) is 0.377. The molecule has 0 N–H and O–H groups in total. The molecule has 68 valence electrons. The summed E-state index contributed by atoms with van der Waals surface area (Å²) in [5, 5.41) is -1.45. The summed E-state index contributed by atoms with van der Waals surface area (Å²) < 4.78 is 15.1. The van der Waals surface area contributed by atoms with E-state index in [0.29, 0.717) is 0 Å². The van der Waals surface area contributed by atoms with Crippen LogP contribution in [0.3, 0.4) is 0 Å². The molecule has 0 heterocycles. The van der Waals surface area contributed by atoms with E-state index in [-0.39, 0.29) is 5.57 Å². The molecule has 0 radical (unpaired) electrons. The molecular formula is C7H11O4P. The van der Waals surface area contributed by atoms with Crippen LogP contribution < -0.4 is 4.89 Å². The van der Waals surface area contributed by atoms with Crippen LogP contribution in [0.5, 0.6) is 0 Å². The smallest absolute Gasteiger partial charge is 0.357 e. The monoisotopic (exact) mass is 190 g/mol. The van der Waals surface area contributed by atoms with E-state index in [0.717, 1.165) is 0 Å². The zero-order valence-electron chi connectivity index (χ0n) is 7.29. The van der Waals surface area contributed by atoms with Gasteiger partial charge in [-0.3, -0.25) is 0 Å². The molecule has 0 saturated carbocycles. The van der Waals surface area contributed by atoms with Crippen molar-refractivity contribution in [3.63, 3.8) is 0 Å². The Balaban J connectivity index is 4.35. The third kappa shape index (κ3) is 3.11. The third-order valence-electron chi connectivity index (χ3n) is 1.13. The van der Waals surface area contributed by atoms with E-state index in [1.165, 1.54) is 20.8 Å². The first-order valence-corrected chi connectivity index (χ1v) is 4.48. The Kier molecular flexibility index (Phi) is 3.55. The van der Waals surface area contributed by atoms with Gasteiger partial charge in [-0.25, -0.2) is 4.79 Å². The van der Waals surface area contributed by atoms with Crippen molar-refractivity contribution in [2.45, 2.75) is 26.1 Å². The van der Waals surface area contributed by atoms with Gasteiger partial charge in [0.15, 0.2) is 0 Å². The van der Waals surface area contributed by atoms with Crippen LogP contribution in [-0.4, -0.2) is 11.3 Å². The van der Waals surface area contributed by atoms with Crippen molar-refractivity contribution in [3.8, 4) is 0 Å². The van der Waals surface area contributed by atoms with Crippen molar-refractivity contribution in [1.82, 2.24) is 0 Å². The summed E-state index contributed by atoms with van der Waals surface area (Å²) >= 11 is 0. The first-order chi connectivity index (χ1) is 5.27. The van der Waals surface area contributed by atoms with E-state index in [2.05, 4.69) is 11.3 Å². The van der Waals surface area contributed by atoms with Gasteiger partial charge < -0.3 is 9.63 Å². The fourth-order valence-corrected chi connectivity index (χ4v) is 0.509. The highest BCUT2D eigenvalue weighted by Crippen LogP contribution is 2.32. The zero-order chi connectivity index (χ0) is 9.94. The van der Waals surface area contributed by atoms with Crippen LogP contribution in [0.25, 0.3) is 0 Å². The Labute approximate surface area is 72.1 Å². The molecule has 0 aliphatic heterocycles. The molecule has 0 aliphatic carbocycles. The molecule has 1 atom stereocenters. The second-order valence-corrected chi connectivity index (χ2v) is 4.46. The maximum atomic E-state index is 10.9. The number of hydrogen-bond donors (Lipinski definition) is 0. The van der Waals surface area contributed by atoms with Crippen LogP contribution in [0.15, 0.2) is 12.2 Å². The number of carbonyl (C=O) groups excluding carboxylic acids is 1. The Morgan fingerprint density at radius 2 is 2.00 bits per heavy atom. The number of esters is 1. The molecule has 0 aromatic carbocycles. The molecule has 0 saturated heterocycles. The number of carbonyl (C=O) groups is 1. The van der Waals surface area contributed by atoms with Crippen LogP contribution >= 0.6 is 8.03 Å². The maximum Gasteiger partial charge on any atom is 0.357 e. The van der Waals surface area contributed by atoms with Gasteiger partial charge in [0.05, 0.1) is 0 Å². The number of hydrogen-bond acceptors (Lipinski definition) is 4. The van der Waals surface area contributed by atoms with Gasteiger partial charge in [-0.1, -0.05) is 11.1 Å². The highest BCUT2D eigenvalue weighted by atomic mass is 31.1. The van der Waals surface area contributed by atoms with Crippen molar-refractivity contribution >= 4 is 14.0 Å². The topological polar surface area (TPSA) is 66.4 Å². The molecule has 0 aromatic heterocycles. The van der Waals surface area contributed by atoms with Crippen LogP contribution in [0, 0.1) is 0 Å². The normalized spacial score (nSPS) is 12.2. The van der Waals surface area contributed by atoms with E-state index in [4.69, 9.17) is 0 Å². The Morgan fingerprint density at radius 3 is 2.25 bits per heavy atom. The van der Waals surface area contributed by atoms with Crippen molar-refractivity contribution in [1.29, 1.82) is 0 Å². The van der Waals surface area contributed by atoms with Gasteiger partial charge in [0.1, 0.15) is 0 Å². The number of ether oxygens (including phenoxy) is 1. The molecule has 0 aromatic rings. The second-order valence-electron chi connectivity index (χ2n) is 2.87. The maximum absolute atomic E-state index is 10.9. The lowest BCUT2D eigenvalue weighted by Gasteiger charge is -2.15. The Bertz CT molecular complexity index is 232. The lowest BCUT2D eigenvalue weighted by Crippen LogP contribution is -2.27. The zero-order valence-corrected chi connectivity index (χ0v) is 8.18. The van der Waals surface area contributed by atoms with E-state index >= 15 is 0 Å². The molecule has 0 fully saturated rings. The molecule has 0 amide bonds. The van der Waals surface area contributed by atoms with Crippen molar-refractivity contribution < 1.29 is 19.0 Å². The lowest BCUT2D eigenvalue weighted by atomic mass is 10.3. The average Bonchev–Trinajstić information content (AvgIpc) is 1.85. The summed E-state index contributed by atoms with van der Waals surface area (Å²) in [7, 11) is -2.79. The second kappa shape index (κ2) is 3.78. The third-order valence-corrected chi connectivity index (χ3v) is 2.10. The van der Waals surface area contributed by atoms with Crippen LogP contribution in [0.4, 0.5) is 0 Å². The van der Waals surface area contributed by atoms with Gasteiger partial charge in [0.2, 0.25) is 0 Å². The summed E-state index contributed by atoms with van der Waals surface area (Å²) in [6.07, 6.45) is 0. The van der Waals surface area contributed by atoms with E-state index in [1.807, 2.05) is 0 Å². The summed E-state index contributed by atoms with van der Waals surface area (Å²) in [4.78, 5) is 21.4. The SMILES string of the molecule is C=C(C)C(=O)OC(C)(C)[P+](=O)[O-]. The Hall–Kier alpha value is -0.730. The van der Waals surface area contributed by atoms with Crippen LogP contribution in [0.1, 0.15) is 20.8 Å². The molecule has 0 aliphatic rings. The van der Waals surface area contributed by atoms with Crippen LogP contribution in [-0.2, 0) is 14.1 Å². The standard InChI is InChI=1S/C7H11O4P/c1-5(2)6(8)11-7(3,4)12(9)10/h1H2,2-4H3. The summed E-state index contributed by atoms with van der Waals surface area (Å²) in [6.45, 7) is 7.39. The molecule has 0 bridgehead atoms. The molecule has 4 nitrogen and oxygen atoms in total. The highest BCUT2D eigenvalue weighted by Gasteiger charge is 2.36. The first-order valence-electron chi connectivity index (χ1n) is 3.30. The molecule has 1 unspecified atom stereocenters. The fraction of sp³-hybridized carbons (Fsp3) is 0.571. The van der Waals surface area contributed by atoms with Gasteiger partial charge >= 0.3 is 14.0 Å². The van der Waals surface area contributed by atoms with Gasteiger partial charge in [-0.05, 0) is 6.92 Å². The van der Waals surface area contributed by atoms with E-state index in [1.54, 1.807) is 0 Å². The van der Waals surface area contributed by atoms with E-state index < -0.39 is 19.3 Å². The van der Waals surface area contributed by atoms with Gasteiger partial charge in [0.25, 0.3) is 5.34 Å². The molecular weight excluding hydrogens is 179 g/mol. The average molecular weight is 190 g/mol. The molecule has 0 rings (SSSR count). The Morgan fingerprint density at radius 1 is 1.58 bits per heavy atom. The van der Waals surface area contributed by atoms with Crippen LogP contribution in [0.2, 0.25) is 0 Å². The van der Waals surface area contributed by atoms with Crippen molar-refractivity contribution in [3.05, 3.63) is 12.2 Å². The van der Waals surface area contributed by atoms with Crippen molar-refractivity contribution in [2.24, 2.45) is 0 Å². The minimum Gasteiger partial charge on any atom is -0.592 e. The summed E-state index contributed by atoms with van der Waals surface area (Å²) in [5.41, 5.74) is 0.180. The molecule has 12 heavy (non-hydrogen) atoms. The largest absolute Gasteiger partial charge is 0.592 e. The van der Waals surface area contributed by atoms with E-state index in [9.17, 15) is 14.3 Å². The minimum absolute atomic E-state index is 0.180. The lowest BCUT2D eigenvalue weighted by molar-refractivity contribution is -0.184. The predicted molar refractivity (Wildman–Crippen MR) is 42.6 cm³/mol.